The number of fused-ring (bicyclic) bond motifs is 2. The molecule has 2 unspecified atom stereocenters. The molecule has 1 N–H and O–H groups in total. The molecule has 0 spiro atoms. The van der Waals surface area contributed by atoms with Gasteiger partial charge >= 0.3 is 0 Å². The zero-order valence-corrected chi connectivity index (χ0v) is 11.7. The molecule has 1 saturated carbocycles. The summed E-state index contributed by atoms with van der Waals surface area (Å²) in [5, 5.41) is 3.51. The van der Waals surface area contributed by atoms with Crippen molar-refractivity contribution in [3.05, 3.63) is 29.3 Å². The number of benzene rings is 1. The summed E-state index contributed by atoms with van der Waals surface area (Å²) in [6.45, 7) is 3.59. The van der Waals surface area contributed by atoms with Crippen molar-refractivity contribution in [2.24, 2.45) is 5.92 Å². The van der Waals surface area contributed by atoms with Crippen molar-refractivity contribution in [2.45, 2.75) is 51.1 Å². The number of piperidine rings is 1. The highest BCUT2D eigenvalue weighted by molar-refractivity contribution is 5.57. The predicted molar refractivity (Wildman–Crippen MR) is 79.4 cm³/mol. The smallest absolute Gasteiger partial charge is 0.0376 e. The summed E-state index contributed by atoms with van der Waals surface area (Å²) in [7, 11) is 0. The van der Waals surface area contributed by atoms with Gasteiger partial charge < -0.3 is 5.32 Å². The average Bonchev–Trinajstić information content (AvgIpc) is 3.06. The summed E-state index contributed by atoms with van der Waals surface area (Å²) < 4.78 is 0. The third-order valence-corrected chi connectivity index (χ3v) is 5.38. The molecule has 0 amide bonds. The minimum Gasteiger partial charge on any atom is -0.384 e. The first-order valence-electron chi connectivity index (χ1n) is 8.00. The van der Waals surface area contributed by atoms with E-state index < -0.39 is 0 Å². The molecule has 2 heteroatoms. The maximum atomic E-state index is 3.51. The second-order valence-corrected chi connectivity index (χ2v) is 6.54. The molecule has 0 bridgehead atoms. The van der Waals surface area contributed by atoms with Gasteiger partial charge in [0.2, 0.25) is 0 Å². The van der Waals surface area contributed by atoms with Gasteiger partial charge in [0.05, 0.1) is 0 Å². The topological polar surface area (TPSA) is 15.3 Å². The zero-order chi connectivity index (χ0) is 12.7. The molecular weight excluding hydrogens is 232 g/mol. The molecule has 0 aromatic heterocycles. The molecule has 102 valence electrons. The van der Waals surface area contributed by atoms with Crippen LogP contribution in [-0.4, -0.2) is 24.0 Å². The van der Waals surface area contributed by atoms with E-state index in [9.17, 15) is 0 Å². The molecular formula is C17H24N2. The molecule has 1 aliphatic carbocycles. The van der Waals surface area contributed by atoms with Crippen LogP contribution in [0.5, 0.6) is 0 Å². The standard InChI is InChI=1S/C17H24N2/c1-3-15-4-2-10-19(17(15)5-1)12-13-6-7-14-8-9-18-16(14)11-13/h6-7,11,15,17-18H,1-5,8-10,12H2. The van der Waals surface area contributed by atoms with E-state index in [2.05, 4.69) is 28.4 Å². The van der Waals surface area contributed by atoms with Crippen LogP contribution in [0.4, 0.5) is 5.69 Å². The summed E-state index contributed by atoms with van der Waals surface area (Å²) in [5.74, 6) is 1.00. The number of hydrogen-bond donors (Lipinski definition) is 1. The molecule has 1 aromatic carbocycles. The third-order valence-electron chi connectivity index (χ3n) is 5.38. The Bertz CT molecular complexity index is 468. The fourth-order valence-corrected chi connectivity index (χ4v) is 4.42. The fraction of sp³-hybridized carbons (Fsp3) is 0.647. The Labute approximate surface area is 116 Å². The van der Waals surface area contributed by atoms with Crippen LogP contribution in [0.2, 0.25) is 0 Å². The third kappa shape index (κ3) is 2.16. The highest BCUT2D eigenvalue weighted by Crippen LogP contribution is 2.37. The van der Waals surface area contributed by atoms with Crippen molar-refractivity contribution >= 4 is 5.69 Å². The van der Waals surface area contributed by atoms with E-state index in [0.717, 1.165) is 25.0 Å². The lowest BCUT2D eigenvalue weighted by molar-refractivity contribution is 0.106. The Morgan fingerprint density at radius 1 is 1.16 bits per heavy atom. The minimum absolute atomic E-state index is 0.884. The summed E-state index contributed by atoms with van der Waals surface area (Å²) in [4.78, 5) is 2.76. The SMILES string of the molecule is c1cc2c(cc1CN1CCCC3CCCC31)NCC2. The molecule has 1 aromatic rings. The second kappa shape index (κ2) is 4.82. The van der Waals surface area contributed by atoms with Crippen LogP contribution in [0, 0.1) is 5.92 Å². The van der Waals surface area contributed by atoms with E-state index in [-0.39, 0.29) is 0 Å². The van der Waals surface area contributed by atoms with Crippen molar-refractivity contribution in [2.75, 3.05) is 18.4 Å². The predicted octanol–water partition coefficient (Wildman–Crippen LogP) is 3.42. The van der Waals surface area contributed by atoms with Crippen molar-refractivity contribution < 1.29 is 0 Å². The van der Waals surface area contributed by atoms with Crippen LogP contribution in [0.25, 0.3) is 0 Å². The van der Waals surface area contributed by atoms with Crippen molar-refractivity contribution in [3.63, 3.8) is 0 Å². The van der Waals surface area contributed by atoms with Crippen molar-refractivity contribution in [1.82, 2.24) is 4.90 Å². The summed E-state index contributed by atoms with van der Waals surface area (Å²) in [6, 6.07) is 7.96. The lowest BCUT2D eigenvalue weighted by Crippen LogP contribution is -2.41. The summed E-state index contributed by atoms with van der Waals surface area (Å²) in [6.07, 6.45) is 8.46. The maximum Gasteiger partial charge on any atom is 0.0376 e. The largest absolute Gasteiger partial charge is 0.384 e. The van der Waals surface area contributed by atoms with Crippen LogP contribution in [0.3, 0.4) is 0 Å². The van der Waals surface area contributed by atoms with Gasteiger partial charge in [0.25, 0.3) is 0 Å². The maximum absolute atomic E-state index is 3.51. The Balaban J connectivity index is 1.51. The lowest BCUT2D eigenvalue weighted by Gasteiger charge is -2.37. The van der Waals surface area contributed by atoms with E-state index in [1.165, 1.54) is 61.9 Å². The molecule has 2 fully saturated rings. The van der Waals surface area contributed by atoms with Gasteiger partial charge in [-0.2, -0.15) is 0 Å². The quantitative estimate of drug-likeness (QED) is 0.872. The lowest BCUT2D eigenvalue weighted by atomic mass is 9.91. The van der Waals surface area contributed by atoms with Gasteiger partial charge in [0.1, 0.15) is 0 Å². The summed E-state index contributed by atoms with van der Waals surface area (Å²) in [5.41, 5.74) is 4.39. The number of nitrogens with one attached hydrogen (secondary N) is 1. The van der Waals surface area contributed by atoms with Crippen LogP contribution in [-0.2, 0) is 13.0 Å². The normalized spacial score (nSPS) is 29.9. The zero-order valence-electron chi connectivity index (χ0n) is 11.7. The van der Waals surface area contributed by atoms with Crippen LogP contribution in [0.1, 0.15) is 43.2 Å². The van der Waals surface area contributed by atoms with Gasteiger partial charge in [-0.1, -0.05) is 18.6 Å². The summed E-state index contributed by atoms with van der Waals surface area (Å²) >= 11 is 0. The van der Waals surface area contributed by atoms with Crippen LogP contribution in [0.15, 0.2) is 18.2 Å². The first-order valence-corrected chi connectivity index (χ1v) is 8.00. The number of rotatable bonds is 2. The molecule has 2 heterocycles. The fourth-order valence-electron chi connectivity index (χ4n) is 4.42. The van der Waals surface area contributed by atoms with Gasteiger partial charge in [-0.3, -0.25) is 4.90 Å². The molecule has 0 radical (unpaired) electrons. The van der Waals surface area contributed by atoms with Gasteiger partial charge in [0, 0.05) is 24.8 Å². The monoisotopic (exact) mass is 256 g/mol. The molecule has 19 heavy (non-hydrogen) atoms. The van der Waals surface area contributed by atoms with Gasteiger partial charge in [0.15, 0.2) is 0 Å². The van der Waals surface area contributed by atoms with E-state index in [1.807, 2.05) is 0 Å². The number of nitrogens with zero attached hydrogens (tertiary/aromatic N) is 1. The molecule has 2 nitrogen and oxygen atoms in total. The first-order chi connectivity index (χ1) is 9.40. The second-order valence-electron chi connectivity index (χ2n) is 6.54. The molecule has 2 atom stereocenters. The number of anilines is 1. The van der Waals surface area contributed by atoms with E-state index in [4.69, 9.17) is 0 Å². The number of hydrogen-bond acceptors (Lipinski definition) is 2. The number of likely N-dealkylation sites (tertiary alicyclic amines) is 1. The molecule has 4 rings (SSSR count). The average molecular weight is 256 g/mol. The Hall–Kier alpha value is -1.02. The van der Waals surface area contributed by atoms with E-state index in [1.54, 1.807) is 0 Å². The van der Waals surface area contributed by atoms with Gasteiger partial charge in [-0.25, -0.2) is 0 Å². The Morgan fingerprint density at radius 2 is 2.11 bits per heavy atom. The molecule has 2 aliphatic heterocycles. The van der Waals surface area contributed by atoms with E-state index >= 15 is 0 Å². The van der Waals surface area contributed by atoms with Crippen molar-refractivity contribution in [1.29, 1.82) is 0 Å². The first kappa shape index (κ1) is 11.8. The Morgan fingerprint density at radius 3 is 3.11 bits per heavy atom. The highest BCUT2D eigenvalue weighted by atomic mass is 15.2. The van der Waals surface area contributed by atoms with Gasteiger partial charge in [-0.05, 0) is 61.8 Å². The van der Waals surface area contributed by atoms with Crippen molar-refractivity contribution in [3.8, 4) is 0 Å². The highest BCUT2D eigenvalue weighted by Gasteiger charge is 2.34. The minimum atomic E-state index is 0.884. The van der Waals surface area contributed by atoms with E-state index in [0.29, 0.717) is 0 Å². The Kier molecular flexibility index (Phi) is 2.99. The van der Waals surface area contributed by atoms with Gasteiger partial charge in [-0.15, -0.1) is 0 Å². The van der Waals surface area contributed by atoms with Crippen LogP contribution >= 0.6 is 0 Å². The molecule has 3 aliphatic rings. The molecule has 1 saturated heterocycles. The van der Waals surface area contributed by atoms with Crippen LogP contribution < -0.4 is 5.32 Å².